The van der Waals surface area contributed by atoms with Crippen LogP contribution in [-0.2, 0) is 0 Å². The molecule has 0 bridgehead atoms. The van der Waals surface area contributed by atoms with Gasteiger partial charge in [-0.05, 0) is 51.0 Å². The Balaban J connectivity index is 2.86. The fourth-order valence-corrected chi connectivity index (χ4v) is 1.58. The largest absolute Gasteiger partial charge is 0.491 e. The first kappa shape index (κ1) is 12.8. The predicted molar refractivity (Wildman–Crippen MR) is 66.2 cm³/mol. The smallest absolute Gasteiger partial charge is 0.162 e. The lowest BCUT2D eigenvalue weighted by Gasteiger charge is -2.13. The summed E-state index contributed by atoms with van der Waals surface area (Å²) in [6, 6.07) is 5.65. The summed E-state index contributed by atoms with van der Waals surface area (Å²) in [6.07, 6.45) is 1.67. The van der Waals surface area contributed by atoms with E-state index in [1.807, 2.05) is 45.9 Å². The second-order valence-corrected chi connectivity index (χ2v) is 4.32. The molecule has 0 saturated heterocycles. The molecule has 0 aromatic heterocycles. The molecule has 1 rings (SSSR count). The molecule has 0 amide bonds. The number of benzene rings is 1. The zero-order chi connectivity index (χ0) is 12.1. The lowest BCUT2D eigenvalue weighted by molar-refractivity contribution is 0.0981. The Morgan fingerprint density at radius 3 is 2.56 bits per heavy atom. The van der Waals surface area contributed by atoms with E-state index in [1.165, 1.54) is 0 Å². The third kappa shape index (κ3) is 3.37. The molecule has 0 aliphatic rings. The Bertz CT molecular complexity index is 367. The van der Waals surface area contributed by atoms with Crippen molar-refractivity contribution < 1.29 is 9.53 Å². The first-order valence-electron chi connectivity index (χ1n) is 5.85. The molecule has 0 saturated carbocycles. The van der Waals surface area contributed by atoms with Gasteiger partial charge in [0.2, 0.25) is 0 Å². The molecule has 0 aliphatic heterocycles. The molecule has 1 aromatic carbocycles. The van der Waals surface area contributed by atoms with Gasteiger partial charge < -0.3 is 4.74 Å². The minimum absolute atomic E-state index is 0.163. The summed E-state index contributed by atoms with van der Waals surface area (Å²) in [4.78, 5) is 11.7. The molecule has 0 spiro atoms. The third-order valence-corrected chi connectivity index (χ3v) is 2.34. The van der Waals surface area contributed by atoms with Crippen LogP contribution in [0.2, 0.25) is 0 Å². The first-order chi connectivity index (χ1) is 7.54. The van der Waals surface area contributed by atoms with Gasteiger partial charge in [0.05, 0.1) is 6.10 Å². The molecule has 0 heterocycles. The van der Waals surface area contributed by atoms with Crippen molar-refractivity contribution in [3.05, 3.63) is 29.3 Å². The quantitative estimate of drug-likeness (QED) is 0.706. The van der Waals surface area contributed by atoms with Crippen molar-refractivity contribution in [3.8, 4) is 5.75 Å². The van der Waals surface area contributed by atoms with Crippen molar-refractivity contribution in [1.82, 2.24) is 0 Å². The molecule has 1 aromatic rings. The van der Waals surface area contributed by atoms with Gasteiger partial charge in [-0.3, -0.25) is 4.79 Å². The van der Waals surface area contributed by atoms with Crippen LogP contribution in [0.3, 0.4) is 0 Å². The molecule has 0 unspecified atom stereocenters. The molecule has 0 fully saturated rings. The topological polar surface area (TPSA) is 26.3 Å². The van der Waals surface area contributed by atoms with Crippen LogP contribution in [0, 0.1) is 6.92 Å². The van der Waals surface area contributed by atoms with Crippen LogP contribution in [0.1, 0.15) is 49.5 Å². The number of Topliss-reactive ketones (excluding diaryl/α,β-unsaturated/α-hetero) is 1. The Morgan fingerprint density at radius 2 is 2.06 bits per heavy atom. The summed E-state index contributed by atoms with van der Waals surface area (Å²) in [5, 5.41) is 0. The fourth-order valence-electron chi connectivity index (χ4n) is 1.58. The number of ether oxygens (including phenoxy) is 1. The Morgan fingerprint density at radius 1 is 1.38 bits per heavy atom. The van der Waals surface area contributed by atoms with E-state index in [4.69, 9.17) is 4.74 Å². The van der Waals surface area contributed by atoms with Gasteiger partial charge in [0.1, 0.15) is 5.75 Å². The first-order valence-corrected chi connectivity index (χ1v) is 5.85. The van der Waals surface area contributed by atoms with Crippen molar-refractivity contribution in [2.45, 2.75) is 46.6 Å². The minimum Gasteiger partial charge on any atom is -0.491 e. The predicted octanol–water partition coefficient (Wildman–Crippen LogP) is 3.77. The van der Waals surface area contributed by atoms with Gasteiger partial charge in [-0.1, -0.05) is 6.92 Å². The summed E-state index contributed by atoms with van der Waals surface area (Å²) in [5.41, 5.74) is 1.81. The molecule has 2 heteroatoms. The summed E-state index contributed by atoms with van der Waals surface area (Å²) in [7, 11) is 0. The fraction of sp³-hybridized carbons (Fsp3) is 0.500. The molecule has 0 radical (unpaired) electrons. The van der Waals surface area contributed by atoms with E-state index in [9.17, 15) is 4.79 Å². The van der Waals surface area contributed by atoms with Crippen LogP contribution in [0.25, 0.3) is 0 Å². The highest BCUT2D eigenvalue weighted by Crippen LogP contribution is 2.21. The molecule has 0 aliphatic carbocycles. The van der Waals surface area contributed by atoms with Crippen molar-refractivity contribution in [2.75, 3.05) is 0 Å². The van der Waals surface area contributed by atoms with Gasteiger partial charge in [0, 0.05) is 12.0 Å². The van der Waals surface area contributed by atoms with E-state index < -0.39 is 0 Å². The van der Waals surface area contributed by atoms with Gasteiger partial charge in [-0.15, -0.1) is 0 Å². The maximum atomic E-state index is 11.7. The summed E-state index contributed by atoms with van der Waals surface area (Å²) in [5.74, 6) is 1.07. The number of carbonyl (C=O) groups excluding carboxylic acids is 1. The van der Waals surface area contributed by atoms with Crippen LogP contribution < -0.4 is 4.74 Å². The highest BCUT2D eigenvalue weighted by molar-refractivity contribution is 5.96. The van der Waals surface area contributed by atoms with E-state index in [0.29, 0.717) is 6.42 Å². The normalized spacial score (nSPS) is 10.6. The standard InChI is InChI=1S/C14H20O2/c1-5-6-13(15)12-7-8-14(11(4)9-12)16-10(2)3/h7-10H,5-6H2,1-4H3. The van der Waals surface area contributed by atoms with Crippen molar-refractivity contribution in [3.63, 3.8) is 0 Å². The summed E-state index contributed by atoms with van der Waals surface area (Å²) >= 11 is 0. The van der Waals surface area contributed by atoms with E-state index in [2.05, 4.69) is 0 Å². The zero-order valence-corrected chi connectivity index (χ0v) is 10.5. The van der Waals surface area contributed by atoms with Crippen LogP contribution in [-0.4, -0.2) is 11.9 Å². The molecule has 0 atom stereocenters. The lowest BCUT2D eigenvalue weighted by Crippen LogP contribution is -2.07. The molecule has 2 nitrogen and oxygen atoms in total. The van der Waals surface area contributed by atoms with Crippen LogP contribution in [0.5, 0.6) is 5.75 Å². The number of aryl methyl sites for hydroxylation is 1. The lowest BCUT2D eigenvalue weighted by atomic mass is 10.0. The van der Waals surface area contributed by atoms with E-state index in [-0.39, 0.29) is 11.9 Å². The Labute approximate surface area is 97.6 Å². The number of rotatable bonds is 5. The second-order valence-electron chi connectivity index (χ2n) is 4.32. The maximum absolute atomic E-state index is 11.7. The average molecular weight is 220 g/mol. The van der Waals surface area contributed by atoms with Gasteiger partial charge in [-0.25, -0.2) is 0 Å². The average Bonchev–Trinajstić information content (AvgIpc) is 2.20. The summed E-state index contributed by atoms with van der Waals surface area (Å²) < 4.78 is 5.63. The molecule has 88 valence electrons. The molecule has 16 heavy (non-hydrogen) atoms. The maximum Gasteiger partial charge on any atom is 0.162 e. The molecule has 0 N–H and O–H groups in total. The number of hydrogen-bond acceptors (Lipinski definition) is 2. The van der Waals surface area contributed by atoms with E-state index in [0.717, 1.165) is 23.3 Å². The zero-order valence-electron chi connectivity index (χ0n) is 10.5. The second kappa shape index (κ2) is 5.69. The molecular formula is C14H20O2. The highest BCUT2D eigenvalue weighted by atomic mass is 16.5. The minimum atomic E-state index is 0.163. The Hall–Kier alpha value is -1.31. The van der Waals surface area contributed by atoms with Crippen molar-refractivity contribution in [1.29, 1.82) is 0 Å². The van der Waals surface area contributed by atoms with Crippen molar-refractivity contribution >= 4 is 5.78 Å². The number of ketones is 1. The van der Waals surface area contributed by atoms with E-state index in [1.54, 1.807) is 0 Å². The van der Waals surface area contributed by atoms with Crippen LogP contribution in [0.4, 0.5) is 0 Å². The number of hydrogen-bond donors (Lipinski definition) is 0. The van der Waals surface area contributed by atoms with E-state index >= 15 is 0 Å². The van der Waals surface area contributed by atoms with Gasteiger partial charge >= 0.3 is 0 Å². The monoisotopic (exact) mass is 220 g/mol. The highest BCUT2D eigenvalue weighted by Gasteiger charge is 2.08. The number of carbonyl (C=O) groups is 1. The Kier molecular flexibility index (Phi) is 4.53. The van der Waals surface area contributed by atoms with Gasteiger partial charge in [0.15, 0.2) is 5.78 Å². The van der Waals surface area contributed by atoms with Gasteiger partial charge in [0.25, 0.3) is 0 Å². The van der Waals surface area contributed by atoms with Crippen LogP contribution in [0.15, 0.2) is 18.2 Å². The molecular weight excluding hydrogens is 200 g/mol. The van der Waals surface area contributed by atoms with Gasteiger partial charge in [-0.2, -0.15) is 0 Å². The SMILES string of the molecule is CCCC(=O)c1ccc(OC(C)C)c(C)c1. The summed E-state index contributed by atoms with van der Waals surface area (Å²) in [6.45, 7) is 7.98. The van der Waals surface area contributed by atoms with Crippen LogP contribution >= 0.6 is 0 Å². The third-order valence-electron chi connectivity index (χ3n) is 2.34. The van der Waals surface area contributed by atoms with Crippen molar-refractivity contribution in [2.24, 2.45) is 0 Å².